The zero-order valence-corrected chi connectivity index (χ0v) is 8.95. The van der Waals surface area contributed by atoms with Crippen LogP contribution in [0.4, 0.5) is 10.1 Å². The molecule has 0 amide bonds. The van der Waals surface area contributed by atoms with Crippen molar-refractivity contribution in [2.75, 3.05) is 31.2 Å². The molecule has 1 aromatic carbocycles. The van der Waals surface area contributed by atoms with Gasteiger partial charge in [-0.1, -0.05) is 6.07 Å². The first-order valence-electron chi connectivity index (χ1n) is 5.29. The Morgan fingerprint density at radius 3 is 2.75 bits per heavy atom. The first kappa shape index (κ1) is 11.3. The highest BCUT2D eigenvalue weighted by Crippen LogP contribution is 2.21. The number of halogens is 1. The molecule has 1 aliphatic rings. The van der Waals surface area contributed by atoms with Crippen LogP contribution in [0.2, 0.25) is 0 Å². The smallest absolute Gasteiger partial charge is 0.146 e. The van der Waals surface area contributed by atoms with Crippen molar-refractivity contribution in [3.05, 3.63) is 29.6 Å². The van der Waals surface area contributed by atoms with Gasteiger partial charge < -0.3 is 14.8 Å². The standard InChI is InChI=1S/C11H15FN2O2/c12-10-7-9(8-13-15)1-2-11(10)14-3-5-16-6-4-14/h1-2,7,13,15H,3-6,8H2. The van der Waals surface area contributed by atoms with Crippen LogP contribution in [0.25, 0.3) is 0 Å². The van der Waals surface area contributed by atoms with Gasteiger partial charge in [0.1, 0.15) is 5.82 Å². The third-order valence-corrected chi connectivity index (χ3v) is 2.65. The van der Waals surface area contributed by atoms with Gasteiger partial charge in [-0.25, -0.2) is 9.87 Å². The van der Waals surface area contributed by atoms with Crippen LogP contribution in [0.5, 0.6) is 0 Å². The van der Waals surface area contributed by atoms with E-state index in [4.69, 9.17) is 9.94 Å². The maximum absolute atomic E-state index is 13.8. The highest BCUT2D eigenvalue weighted by molar-refractivity contribution is 5.49. The van der Waals surface area contributed by atoms with Crippen LogP contribution in [0.1, 0.15) is 5.56 Å². The predicted molar refractivity (Wildman–Crippen MR) is 58.1 cm³/mol. The number of ether oxygens (including phenoxy) is 1. The van der Waals surface area contributed by atoms with Crippen LogP contribution in [0.15, 0.2) is 18.2 Å². The Morgan fingerprint density at radius 1 is 1.38 bits per heavy atom. The van der Waals surface area contributed by atoms with Gasteiger partial charge in [0.25, 0.3) is 0 Å². The molecule has 16 heavy (non-hydrogen) atoms. The van der Waals surface area contributed by atoms with Crippen LogP contribution < -0.4 is 10.4 Å². The molecule has 4 nitrogen and oxygen atoms in total. The molecule has 2 N–H and O–H groups in total. The summed E-state index contributed by atoms with van der Waals surface area (Å²) < 4.78 is 19.0. The number of hydrogen-bond donors (Lipinski definition) is 2. The van der Waals surface area contributed by atoms with E-state index in [2.05, 4.69) is 0 Å². The number of nitrogens with zero attached hydrogens (tertiary/aromatic N) is 1. The minimum atomic E-state index is -0.255. The maximum Gasteiger partial charge on any atom is 0.146 e. The largest absolute Gasteiger partial charge is 0.378 e. The molecule has 0 unspecified atom stereocenters. The highest BCUT2D eigenvalue weighted by atomic mass is 19.1. The van der Waals surface area contributed by atoms with E-state index in [0.717, 1.165) is 5.56 Å². The number of rotatable bonds is 3. The quantitative estimate of drug-likeness (QED) is 0.759. The summed E-state index contributed by atoms with van der Waals surface area (Å²) in [6.07, 6.45) is 0. The number of hydrogen-bond acceptors (Lipinski definition) is 4. The minimum Gasteiger partial charge on any atom is -0.378 e. The lowest BCUT2D eigenvalue weighted by atomic mass is 10.2. The van der Waals surface area contributed by atoms with Gasteiger partial charge in [-0.05, 0) is 17.7 Å². The zero-order valence-electron chi connectivity index (χ0n) is 8.95. The van der Waals surface area contributed by atoms with E-state index in [1.165, 1.54) is 6.07 Å². The fourth-order valence-electron chi connectivity index (χ4n) is 1.81. The lowest BCUT2D eigenvalue weighted by Crippen LogP contribution is -2.36. The number of anilines is 1. The Morgan fingerprint density at radius 2 is 2.12 bits per heavy atom. The van der Waals surface area contributed by atoms with Crippen LogP contribution in [-0.4, -0.2) is 31.5 Å². The molecule has 0 radical (unpaired) electrons. The summed E-state index contributed by atoms with van der Waals surface area (Å²) in [5.41, 5.74) is 3.33. The van der Waals surface area contributed by atoms with Crippen molar-refractivity contribution in [2.24, 2.45) is 0 Å². The van der Waals surface area contributed by atoms with Gasteiger partial charge in [0, 0.05) is 19.6 Å². The van der Waals surface area contributed by atoms with Crippen molar-refractivity contribution >= 4 is 5.69 Å². The van der Waals surface area contributed by atoms with Crippen molar-refractivity contribution in [1.82, 2.24) is 5.48 Å². The second kappa shape index (κ2) is 5.25. The van der Waals surface area contributed by atoms with Crippen molar-refractivity contribution in [3.8, 4) is 0 Å². The summed E-state index contributed by atoms with van der Waals surface area (Å²) >= 11 is 0. The zero-order chi connectivity index (χ0) is 11.4. The second-order valence-electron chi connectivity index (χ2n) is 3.72. The number of nitrogens with one attached hydrogen (secondary N) is 1. The molecule has 1 aliphatic heterocycles. The van der Waals surface area contributed by atoms with Crippen molar-refractivity contribution < 1.29 is 14.3 Å². The van der Waals surface area contributed by atoms with Gasteiger partial charge in [-0.2, -0.15) is 0 Å². The molecule has 2 rings (SSSR count). The molecule has 0 spiro atoms. The van der Waals surface area contributed by atoms with Gasteiger partial charge in [0.15, 0.2) is 0 Å². The molecule has 0 bridgehead atoms. The summed E-state index contributed by atoms with van der Waals surface area (Å²) in [6, 6.07) is 4.98. The number of morpholine rings is 1. The molecule has 1 aromatic rings. The van der Waals surface area contributed by atoms with Gasteiger partial charge in [-0.15, -0.1) is 0 Å². The number of hydroxylamine groups is 1. The third kappa shape index (κ3) is 2.49. The Kier molecular flexibility index (Phi) is 3.71. The molecule has 0 aromatic heterocycles. The first-order valence-corrected chi connectivity index (χ1v) is 5.29. The normalized spacial score (nSPS) is 16.5. The number of benzene rings is 1. The fourth-order valence-corrected chi connectivity index (χ4v) is 1.81. The SMILES string of the molecule is ONCc1ccc(N2CCOCC2)c(F)c1. The Hall–Kier alpha value is -1.17. The van der Waals surface area contributed by atoms with E-state index in [-0.39, 0.29) is 12.4 Å². The molecule has 5 heteroatoms. The van der Waals surface area contributed by atoms with E-state index < -0.39 is 0 Å². The topological polar surface area (TPSA) is 44.7 Å². The van der Waals surface area contributed by atoms with E-state index in [1.54, 1.807) is 12.1 Å². The maximum atomic E-state index is 13.8. The molecule has 88 valence electrons. The summed E-state index contributed by atoms with van der Waals surface area (Å²) in [6.45, 7) is 2.96. The first-order chi connectivity index (χ1) is 7.81. The summed E-state index contributed by atoms with van der Waals surface area (Å²) in [5, 5.41) is 8.53. The van der Waals surface area contributed by atoms with Gasteiger partial charge in [-0.3, -0.25) is 0 Å². The molecule has 0 saturated carbocycles. The molecular formula is C11H15FN2O2. The van der Waals surface area contributed by atoms with Crippen LogP contribution in [0, 0.1) is 5.82 Å². The monoisotopic (exact) mass is 226 g/mol. The van der Waals surface area contributed by atoms with Gasteiger partial charge >= 0.3 is 0 Å². The predicted octanol–water partition coefficient (Wildman–Crippen LogP) is 1.14. The summed E-state index contributed by atoms with van der Waals surface area (Å²) in [5.74, 6) is -0.255. The van der Waals surface area contributed by atoms with E-state index in [0.29, 0.717) is 32.0 Å². The molecule has 1 fully saturated rings. The summed E-state index contributed by atoms with van der Waals surface area (Å²) in [7, 11) is 0. The average molecular weight is 226 g/mol. The summed E-state index contributed by atoms with van der Waals surface area (Å²) in [4.78, 5) is 1.97. The van der Waals surface area contributed by atoms with E-state index in [1.807, 2.05) is 10.4 Å². The Bertz CT molecular complexity index is 354. The van der Waals surface area contributed by atoms with E-state index >= 15 is 0 Å². The average Bonchev–Trinajstić information content (AvgIpc) is 2.31. The Labute approximate surface area is 93.6 Å². The van der Waals surface area contributed by atoms with Crippen molar-refractivity contribution in [2.45, 2.75) is 6.54 Å². The second-order valence-corrected chi connectivity index (χ2v) is 3.72. The molecule has 1 saturated heterocycles. The van der Waals surface area contributed by atoms with Gasteiger partial charge in [0.2, 0.25) is 0 Å². The molecule has 0 atom stereocenters. The van der Waals surface area contributed by atoms with Crippen LogP contribution in [0.3, 0.4) is 0 Å². The lowest BCUT2D eigenvalue weighted by Gasteiger charge is -2.29. The Balaban J connectivity index is 2.14. The third-order valence-electron chi connectivity index (χ3n) is 2.65. The van der Waals surface area contributed by atoms with Crippen LogP contribution >= 0.6 is 0 Å². The highest BCUT2D eigenvalue weighted by Gasteiger charge is 2.14. The van der Waals surface area contributed by atoms with Gasteiger partial charge in [0.05, 0.1) is 18.9 Å². The molecule has 1 heterocycles. The van der Waals surface area contributed by atoms with Crippen molar-refractivity contribution in [3.63, 3.8) is 0 Å². The fraction of sp³-hybridized carbons (Fsp3) is 0.455. The lowest BCUT2D eigenvalue weighted by molar-refractivity contribution is 0.122. The minimum absolute atomic E-state index is 0.250. The van der Waals surface area contributed by atoms with E-state index in [9.17, 15) is 4.39 Å². The van der Waals surface area contributed by atoms with Crippen LogP contribution in [-0.2, 0) is 11.3 Å². The van der Waals surface area contributed by atoms with Crippen molar-refractivity contribution in [1.29, 1.82) is 0 Å². The molecular weight excluding hydrogens is 211 g/mol. The molecule has 0 aliphatic carbocycles.